The number of allylic oxidation sites excluding steroid dienone is 3. The Labute approximate surface area is 722 Å². The van der Waals surface area contributed by atoms with Crippen molar-refractivity contribution < 1.29 is 0 Å². The van der Waals surface area contributed by atoms with Crippen molar-refractivity contribution in [2.75, 3.05) is 0 Å². The molecule has 0 N–H and O–H groups in total. The van der Waals surface area contributed by atoms with E-state index in [-0.39, 0.29) is 0 Å². The molecule has 0 saturated heterocycles. The molecule has 28 rings (SSSR count). The van der Waals surface area contributed by atoms with Crippen LogP contribution in [-0.2, 0) is 19.3 Å². The lowest BCUT2D eigenvalue weighted by Gasteiger charge is -2.17. The molecule has 0 aliphatic heterocycles. The molecule has 586 valence electrons. The minimum Gasteiger partial charge on any atom is -0.309 e. The summed E-state index contributed by atoms with van der Waals surface area (Å²) in [6.07, 6.45) is 27.9. The topological polar surface area (TPSA) is 105 Å². The zero-order valence-electron chi connectivity index (χ0n) is 68.2. The lowest BCUT2D eigenvalue weighted by atomic mass is 9.90. The number of pyridine rings is 7. The van der Waals surface area contributed by atoms with Crippen LogP contribution in [0.2, 0.25) is 0 Å². The monoisotopic (exact) mass is 1600 g/mol. The van der Waals surface area contributed by atoms with Crippen molar-refractivity contribution in [2.24, 2.45) is 0 Å². The number of para-hydroxylation sites is 3. The molecule has 0 amide bonds. The van der Waals surface area contributed by atoms with Crippen LogP contribution in [0.5, 0.6) is 0 Å². The first-order chi connectivity index (χ1) is 62.5. The molecule has 0 bridgehead atoms. The number of hydrogen-bond acceptors (Lipinski definition) is 7. The Kier molecular flexibility index (Phi) is 16.1. The van der Waals surface area contributed by atoms with Crippen LogP contribution in [0, 0.1) is 0 Å². The predicted octanol–water partition coefficient (Wildman–Crippen LogP) is 28.9. The van der Waals surface area contributed by atoms with Gasteiger partial charge in [0.15, 0.2) is 0 Å². The van der Waals surface area contributed by atoms with Crippen molar-refractivity contribution >= 4 is 181 Å². The summed E-state index contributed by atoms with van der Waals surface area (Å²) < 4.78 is 7.22. The third-order valence-electron chi connectivity index (χ3n) is 26.2. The largest absolute Gasteiger partial charge is 0.309 e. The van der Waals surface area contributed by atoms with Gasteiger partial charge < -0.3 is 9.13 Å². The third kappa shape index (κ3) is 11.3. The molecule has 10 nitrogen and oxygen atoms in total. The highest BCUT2D eigenvalue weighted by Crippen LogP contribution is 2.47. The van der Waals surface area contributed by atoms with Gasteiger partial charge in [-0.2, -0.15) is 0 Å². The lowest BCUT2D eigenvalue weighted by molar-refractivity contribution is 1.08. The summed E-state index contributed by atoms with van der Waals surface area (Å²) >= 11 is 0. The van der Waals surface area contributed by atoms with Gasteiger partial charge in [-0.15, -0.1) is 0 Å². The summed E-state index contributed by atoms with van der Waals surface area (Å²) in [5.74, 6) is 0.901. The molecule has 0 atom stereocenters. The van der Waals surface area contributed by atoms with Crippen molar-refractivity contribution in [2.45, 2.75) is 19.3 Å². The molecule has 0 radical (unpaired) electrons. The number of aromatic nitrogens is 10. The van der Waals surface area contributed by atoms with E-state index in [1.807, 2.05) is 55.4 Å². The average molecular weight is 1610 g/mol. The summed E-state index contributed by atoms with van der Waals surface area (Å²) in [6, 6.07) is 118. The summed E-state index contributed by atoms with van der Waals surface area (Å²) in [5.41, 5.74) is 32.0. The molecule has 10 heterocycles. The molecule has 0 unspecified atom stereocenters. The van der Waals surface area contributed by atoms with Gasteiger partial charge >= 0.3 is 0 Å². The van der Waals surface area contributed by atoms with Crippen LogP contribution in [0.15, 0.2) is 383 Å². The maximum atomic E-state index is 5.22. The van der Waals surface area contributed by atoms with Crippen LogP contribution in [0.3, 0.4) is 0 Å². The van der Waals surface area contributed by atoms with Crippen molar-refractivity contribution in [3.63, 3.8) is 0 Å². The summed E-state index contributed by atoms with van der Waals surface area (Å²) in [7, 11) is 0. The molecule has 0 fully saturated rings. The van der Waals surface area contributed by atoms with E-state index in [0.29, 0.717) is 0 Å². The van der Waals surface area contributed by atoms with E-state index in [0.717, 1.165) is 135 Å². The van der Waals surface area contributed by atoms with E-state index in [9.17, 15) is 0 Å². The number of rotatable bonds is 7. The maximum Gasteiger partial charge on any atom is 0.138 e. The highest BCUT2D eigenvalue weighted by Gasteiger charge is 2.26. The fourth-order valence-electron chi connectivity index (χ4n) is 20.8. The van der Waals surface area contributed by atoms with Gasteiger partial charge in [-0.05, 0) is 222 Å². The van der Waals surface area contributed by atoms with Gasteiger partial charge in [-0.3, -0.25) is 34.5 Å². The standard InChI is InChI=1S/C43H27N3.C37H23N3.C36H22N4/c1-2-9-27(10-3-1)32-22-33(34-21-31-19-18-29-14-8-20-44-42(29)43(31)45-26-34)24-35(23-32)46-38-17-5-4-15-36(38)41-37-16-7-12-28-11-6-13-30(40(28)37)25-39(41)46;1-2-15-32-30(13-1)35-31-14-5-8-23-7-3-10-26(34(23)31)21-33(35)40(32)29-12-4-9-25(20-29)28-19-27-17-16-24-11-6-18-38-36(24)37(27)39-22-28;1-2-14-30-27(11-1)34-28-12-4-8-22-7-3-9-24(33(22)28)20-31(34)40(30)32-15-5-13-29(39-32)26-19-25-17-16-23-10-6-18-37-35(23)36(25)38-21-26/h1-15,17-26H,16H2;1-13,15-22H,14H2;1-11,13-21H,12H2. The molecule has 25 aromatic rings. The highest BCUT2D eigenvalue weighted by molar-refractivity contribution is 6.22. The van der Waals surface area contributed by atoms with Gasteiger partial charge in [-0.25, -0.2) is 4.98 Å². The summed E-state index contributed by atoms with van der Waals surface area (Å²) in [6.45, 7) is 0. The SMILES string of the molecule is C1=Cc2cccc3cc4c(c(c23)C1)c1ccccc1n4-c1cc(-c2ccccc2)cc(-c2cnc3c(ccc4cccnc43)c2)c1.C1=Cc2cccc3cc4c(c(c23)C1)c1ccccc1n4-c1cccc(-c2cnc3c(ccc4cccnc43)c2)c1.C1=Cc2cccc3cc4c(c(c23)C1)c1ccccc1n4-c1cccc(-c2cnc3c(ccc4cccnc43)c2)n1. The van der Waals surface area contributed by atoms with Crippen molar-refractivity contribution in [1.29, 1.82) is 0 Å². The fraction of sp³-hybridized carbons (Fsp3) is 0.0259. The normalized spacial score (nSPS) is 12.7. The average Bonchev–Trinajstić information content (AvgIpc) is 1.57. The van der Waals surface area contributed by atoms with Crippen LogP contribution in [0.25, 0.3) is 243 Å². The molecule has 0 saturated carbocycles. The van der Waals surface area contributed by atoms with E-state index >= 15 is 0 Å². The van der Waals surface area contributed by atoms with Gasteiger partial charge in [-0.1, -0.05) is 249 Å². The maximum absolute atomic E-state index is 5.22. The van der Waals surface area contributed by atoms with Crippen LogP contribution in [-0.4, -0.2) is 48.6 Å². The summed E-state index contributed by atoms with van der Waals surface area (Å²) in [4.78, 5) is 33.7. The lowest BCUT2D eigenvalue weighted by Crippen LogP contribution is -2.00. The zero-order chi connectivity index (χ0) is 82.6. The predicted molar refractivity (Wildman–Crippen MR) is 524 cm³/mol. The van der Waals surface area contributed by atoms with E-state index < -0.39 is 0 Å². The Balaban J connectivity index is 0.000000101. The fourth-order valence-corrected chi connectivity index (χ4v) is 20.8. The molecule has 10 aromatic heterocycles. The van der Waals surface area contributed by atoms with Crippen LogP contribution in [0.4, 0.5) is 0 Å². The Morgan fingerprint density at radius 3 is 1.09 bits per heavy atom. The Bertz CT molecular complexity index is 8760. The molecular weight excluding hydrogens is 1530 g/mol. The second-order valence-corrected chi connectivity index (χ2v) is 33.3. The van der Waals surface area contributed by atoms with Gasteiger partial charge in [0.05, 0.1) is 71.9 Å². The van der Waals surface area contributed by atoms with E-state index in [1.165, 1.54) is 142 Å². The van der Waals surface area contributed by atoms with Crippen molar-refractivity contribution in [3.8, 4) is 61.8 Å². The van der Waals surface area contributed by atoms with Crippen molar-refractivity contribution in [1.82, 2.24) is 48.6 Å². The number of hydrogen-bond donors (Lipinski definition) is 0. The second-order valence-electron chi connectivity index (χ2n) is 33.3. The molecule has 126 heavy (non-hydrogen) atoms. The summed E-state index contributed by atoms with van der Waals surface area (Å²) in [5, 5.41) is 22.4. The van der Waals surface area contributed by atoms with Crippen LogP contribution in [0.1, 0.15) is 33.4 Å². The minimum atomic E-state index is 0.895. The zero-order valence-corrected chi connectivity index (χ0v) is 68.2. The van der Waals surface area contributed by atoms with E-state index in [1.54, 1.807) is 0 Å². The molecule has 3 aliphatic rings. The molecule has 15 aromatic carbocycles. The Morgan fingerprint density at radius 1 is 0.214 bits per heavy atom. The Hall–Kier alpha value is -16.7. The van der Waals surface area contributed by atoms with Crippen LogP contribution >= 0.6 is 0 Å². The molecule has 10 heteroatoms. The first-order valence-corrected chi connectivity index (χ1v) is 43.1. The highest BCUT2D eigenvalue weighted by atomic mass is 15.1. The van der Waals surface area contributed by atoms with Crippen LogP contribution < -0.4 is 0 Å². The number of fused-ring (bicyclic) bond motifs is 21. The van der Waals surface area contributed by atoms with Gasteiger partial charge in [0.25, 0.3) is 0 Å². The molecule has 0 spiro atoms. The van der Waals surface area contributed by atoms with E-state index in [4.69, 9.17) is 19.9 Å². The quantitative estimate of drug-likeness (QED) is 0.146. The Morgan fingerprint density at radius 2 is 0.587 bits per heavy atom. The van der Waals surface area contributed by atoms with Gasteiger partial charge in [0.1, 0.15) is 5.82 Å². The molecule has 3 aliphatic carbocycles. The number of nitrogens with zero attached hydrogens (tertiary/aromatic N) is 10. The smallest absolute Gasteiger partial charge is 0.138 e. The van der Waals surface area contributed by atoms with Gasteiger partial charge in [0.2, 0.25) is 0 Å². The first kappa shape index (κ1) is 71.1. The second kappa shape index (κ2) is 28.5. The van der Waals surface area contributed by atoms with Crippen molar-refractivity contribution in [3.05, 3.63) is 416 Å². The van der Waals surface area contributed by atoms with E-state index in [2.05, 4.69) is 374 Å². The number of benzene rings is 15. The van der Waals surface area contributed by atoms with Gasteiger partial charge in [0, 0.05) is 130 Å². The third-order valence-corrected chi connectivity index (χ3v) is 26.2. The molecular formula is C116H72N10. The minimum absolute atomic E-state index is 0.895. The first-order valence-electron chi connectivity index (χ1n) is 43.1.